The first-order chi connectivity index (χ1) is 15.9. The molecule has 0 saturated carbocycles. The minimum Gasteiger partial charge on any atom is -0.305 e. The summed E-state index contributed by atoms with van der Waals surface area (Å²) in [7, 11) is 2.18. The number of thioether (sulfide) groups is 1. The van der Waals surface area contributed by atoms with Crippen LogP contribution in [0.3, 0.4) is 0 Å². The van der Waals surface area contributed by atoms with Gasteiger partial charge in [0, 0.05) is 50.0 Å². The molecule has 0 unspecified atom stereocenters. The number of likely N-dealkylation sites (N-methyl/N-ethyl adjacent to an activating group) is 1. The van der Waals surface area contributed by atoms with Crippen LogP contribution in [0.1, 0.15) is 25.8 Å². The Kier molecular flexibility index (Phi) is 7.36. The molecular weight excluding hydrogens is 434 g/mol. The van der Waals surface area contributed by atoms with Gasteiger partial charge in [0.1, 0.15) is 5.54 Å². The Balaban J connectivity index is 1.34. The summed E-state index contributed by atoms with van der Waals surface area (Å²) in [6.07, 6.45) is 4.55. The maximum Gasteiger partial charge on any atom is 0.332 e. The van der Waals surface area contributed by atoms with E-state index in [2.05, 4.69) is 21.8 Å². The molecule has 0 N–H and O–H groups in total. The van der Waals surface area contributed by atoms with E-state index in [0.717, 1.165) is 55.4 Å². The van der Waals surface area contributed by atoms with Gasteiger partial charge in [-0.3, -0.25) is 9.78 Å². The highest BCUT2D eigenvalue weighted by Gasteiger charge is 2.51. The summed E-state index contributed by atoms with van der Waals surface area (Å²) in [6.45, 7) is 9.73. The number of rotatable bonds is 8. The van der Waals surface area contributed by atoms with Gasteiger partial charge >= 0.3 is 6.03 Å². The Morgan fingerprint density at radius 3 is 2.30 bits per heavy atom. The third kappa shape index (κ3) is 5.39. The lowest BCUT2D eigenvalue weighted by Gasteiger charge is -2.32. The molecule has 3 heterocycles. The molecule has 7 nitrogen and oxygen atoms in total. The van der Waals surface area contributed by atoms with E-state index in [1.165, 1.54) is 4.90 Å². The average molecular weight is 468 g/mol. The van der Waals surface area contributed by atoms with Crippen molar-refractivity contribution in [2.75, 3.05) is 50.4 Å². The van der Waals surface area contributed by atoms with Gasteiger partial charge in [-0.1, -0.05) is 0 Å². The van der Waals surface area contributed by atoms with Crippen LogP contribution in [0.5, 0.6) is 0 Å². The number of hydrogen-bond donors (Lipinski definition) is 0. The normalized spacial score (nSPS) is 19.5. The van der Waals surface area contributed by atoms with Gasteiger partial charge in [-0.25, -0.2) is 9.69 Å². The van der Waals surface area contributed by atoms with Gasteiger partial charge in [-0.15, -0.1) is 11.8 Å². The van der Waals surface area contributed by atoms with Gasteiger partial charge in [0.2, 0.25) is 0 Å². The zero-order valence-electron chi connectivity index (χ0n) is 19.7. The van der Waals surface area contributed by atoms with Crippen LogP contribution in [0.15, 0.2) is 53.7 Å². The molecule has 1 aromatic carbocycles. The number of amides is 3. The summed E-state index contributed by atoms with van der Waals surface area (Å²) in [5, 5.41) is 0. The van der Waals surface area contributed by atoms with Crippen molar-refractivity contribution < 1.29 is 9.59 Å². The highest BCUT2D eigenvalue weighted by Crippen LogP contribution is 2.34. The van der Waals surface area contributed by atoms with Crippen molar-refractivity contribution >= 4 is 29.4 Å². The van der Waals surface area contributed by atoms with Crippen molar-refractivity contribution in [1.82, 2.24) is 19.7 Å². The molecule has 2 aliphatic heterocycles. The SMILES string of the molecule is CN1CCN(CCCSc2ccc(N3C(=O)N(Cc4ccncc4)C(C)(C)C3=O)cc2)CC1. The molecule has 0 atom stereocenters. The number of hydrogen-bond acceptors (Lipinski definition) is 6. The lowest BCUT2D eigenvalue weighted by Crippen LogP contribution is -2.44. The van der Waals surface area contributed by atoms with E-state index >= 15 is 0 Å². The number of carbonyl (C=O) groups is 2. The molecule has 176 valence electrons. The maximum atomic E-state index is 13.2. The lowest BCUT2D eigenvalue weighted by atomic mass is 10.0. The molecule has 2 aliphatic rings. The monoisotopic (exact) mass is 467 g/mol. The fourth-order valence-electron chi connectivity index (χ4n) is 4.24. The first kappa shape index (κ1) is 23.7. The Morgan fingerprint density at radius 1 is 0.970 bits per heavy atom. The quantitative estimate of drug-likeness (QED) is 0.336. The zero-order valence-corrected chi connectivity index (χ0v) is 20.6. The van der Waals surface area contributed by atoms with Crippen LogP contribution in [-0.2, 0) is 11.3 Å². The number of urea groups is 1. The van der Waals surface area contributed by atoms with E-state index in [1.54, 1.807) is 31.1 Å². The molecule has 4 rings (SSSR count). The molecule has 0 aliphatic carbocycles. The predicted octanol–water partition coefficient (Wildman–Crippen LogP) is 3.56. The summed E-state index contributed by atoms with van der Waals surface area (Å²) in [5.74, 6) is 0.856. The summed E-state index contributed by atoms with van der Waals surface area (Å²) in [4.78, 5) is 39.4. The number of piperazine rings is 1. The van der Waals surface area contributed by atoms with Gasteiger partial charge in [0.15, 0.2) is 0 Å². The molecule has 0 bridgehead atoms. The largest absolute Gasteiger partial charge is 0.332 e. The molecule has 2 aromatic rings. The Labute approximate surface area is 200 Å². The summed E-state index contributed by atoms with van der Waals surface area (Å²) in [6, 6.07) is 11.2. The molecule has 1 aromatic heterocycles. The van der Waals surface area contributed by atoms with Crippen molar-refractivity contribution in [3.05, 3.63) is 54.4 Å². The van der Waals surface area contributed by atoms with Crippen LogP contribution in [0.2, 0.25) is 0 Å². The molecule has 0 spiro atoms. The summed E-state index contributed by atoms with van der Waals surface area (Å²) in [5.41, 5.74) is 0.665. The van der Waals surface area contributed by atoms with Crippen molar-refractivity contribution in [2.45, 2.75) is 37.2 Å². The Bertz CT molecular complexity index is 959. The van der Waals surface area contributed by atoms with Gasteiger partial charge < -0.3 is 14.7 Å². The minimum absolute atomic E-state index is 0.200. The lowest BCUT2D eigenvalue weighted by molar-refractivity contribution is -0.123. The highest BCUT2D eigenvalue weighted by molar-refractivity contribution is 7.99. The second-order valence-corrected chi connectivity index (χ2v) is 10.4. The molecule has 0 radical (unpaired) electrons. The Hall–Kier alpha value is -2.42. The average Bonchev–Trinajstić information content (AvgIpc) is 2.98. The molecule has 2 fully saturated rings. The van der Waals surface area contributed by atoms with Crippen LogP contribution in [0.25, 0.3) is 0 Å². The molecular formula is C25H33N5O2S. The number of imide groups is 1. The predicted molar refractivity (Wildman–Crippen MR) is 132 cm³/mol. The fourth-order valence-corrected chi connectivity index (χ4v) is 5.08. The van der Waals surface area contributed by atoms with Crippen LogP contribution >= 0.6 is 11.8 Å². The first-order valence-electron chi connectivity index (χ1n) is 11.5. The third-order valence-corrected chi connectivity index (χ3v) is 7.59. The third-order valence-electron chi connectivity index (χ3n) is 6.49. The van der Waals surface area contributed by atoms with E-state index < -0.39 is 5.54 Å². The molecule has 33 heavy (non-hydrogen) atoms. The van der Waals surface area contributed by atoms with Crippen LogP contribution in [-0.4, -0.2) is 82.7 Å². The fraction of sp³-hybridized carbons (Fsp3) is 0.480. The smallest absolute Gasteiger partial charge is 0.305 e. The molecule has 2 saturated heterocycles. The highest BCUT2D eigenvalue weighted by atomic mass is 32.2. The number of nitrogens with zero attached hydrogens (tertiary/aromatic N) is 5. The molecule has 3 amide bonds. The van der Waals surface area contributed by atoms with Crippen LogP contribution in [0, 0.1) is 0 Å². The van der Waals surface area contributed by atoms with Crippen molar-refractivity contribution in [2.24, 2.45) is 0 Å². The second-order valence-electron chi connectivity index (χ2n) is 9.26. The van der Waals surface area contributed by atoms with Crippen molar-refractivity contribution in [3.63, 3.8) is 0 Å². The number of benzene rings is 1. The Morgan fingerprint density at radius 2 is 1.64 bits per heavy atom. The second kappa shape index (κ2) is 10.2. The summed E-state index contributed by atoms with van der Waals surface area (Å²) < 4.78 is 0. The van der Waals surface area contributed by atoms with Gasteiger partial charge in [0.25, 0.3) is 5.91 Å². The number of aromatic nitrogens is 1. The van der Waals surface area contributed by atoms with E-state index in [-0.39, 0.29) is 11.9 Å². The topological polar surface area (TPSA) is 60.0 Å². The van der Waals surface area contributed by atoms with Crippen LogP contribution in [0.4, 0.5) is 10.5 Å². The van der Waals surface area contributed by atoms with Crippen molar-refractivity contribution in [3.8, 4) is 0 Å². The summed E-state index contributed by atoms with van der Waals surface area (Å²) >= 11 is 1.82. The van der Waals surface area contributed by atoms with E-state index in [0.29, 0.717) is 12.2 Å². The van der Waals surface area contributed by atoms with Gasteiger partial charge in [-0.05, 0) is 81.6 Å². The van der Waals surface area contributed by atoms with E-state index in [9.17, 15) is 9.59 Å². The van der Waals surface area contributed by atoms with Crippen LogP contribution < -0.4 is 4.90 Å². The maximum absolute atomic E-state index is 13.2. The van der Waals surface area contributed by atoms with E-state index in [1.807, 2.05) is 48.2 Å². The number of pyridine rings is 1. The molecule has 8 heteroatoms. The van der Waals surface area contributed by atoms with E-state index in [4.69, 9.17) is 0 Å². The zero-order chi connectivity index (χ0) is 23.4. The number of carbonyl (C=O) groups excluding carboxylic acids is 2. The van der Waals surface area contributed by atoms with Gasteiger partial charge in [0.05, 0.1) is 5.69 Å². The number of anilines is 1. The minimum atomic E-state index is -0.906. The van der Waals surface area contributed by atoms with Crippen molar-refractivity contribution in [1.29, 1.82) is 0 Å². The first-order valence-corrected chi connectivity index (χ1v) is 12.5. The van der Waals surface area contributed by atoms with Gasteiger partial charge in [-0.2, -0.15) is 0 Å². The standard InChI is InChI=1S/C25H33N5O2S/c1-25(2)23(31)30(24(32)29(25)19-20-9-11-26-12-10-20)21-5-7-22(8-6-21)33-18-4-13-28-16-14-27(3)15-17-28/h5-12H,4,13-19H2,1-3H3.